The fourth-order valence-corrected chi connectivity index (χ4v) is 3.48. The monoisotopic (exact) mass is 391 g/mol. The van der Waals surface area contributed by atoms with E-state index in [1.807, 2.05) is 62.4 Å². The van der Waals surface area contributed by atoms with Gasteiger partial charge in [0, 0.05) is 16.8 Å². The number of anilines is 1. The van der Waals surface area contributed by atoms with E-state index in [1.54, 1.807) is 18.3 Å². The molecule has 3 rings (SSSR count). The van der Waals surface area contributed by atoms with Crippen LogP contribution in [0.2, 0.25) is 0 Å². The number of aryl methyl sites for hydroxylation is 1. The second kappa shape index (κ2) is 9.19. The van der Waals surface area contributed by atoms with Gasteiger partial charge in [0.05, 0.1) is 12.1 Å². The van der Waals surface area contributed by atoms with Gasteiger partial charge in [-0.3, -0.25) is 9.59 Å². The van der Waals surface area contributed by atoms with Crippen molar-refractivity contribution >= 4 is 29.3 Å². The predicted octanol–water partition coefficient (Wildman–Crippen LogP) is 4.22. The summed E-state index contributed by atoms with van der Waals surface area (Å²) in [5.41, 5.74) is 3.30. The summed E-state index contributed by atoms with van der Waals surface area (Å²) in [5, 5.41) is 6.11. The molecule has 0 aliphatic heterocycles. The van der Waals surface area contributed by atoms with E-state index in [2.05, 4.69) is 15.6 Å². The average molecular weight is 391 g/mol. The van der Waals surface area contributed by atoms with Crippen molar-refractivity contribution in [3.63, 3.8) is 0 Å². The first kappa shape index (κ1) is 19.6. The molecule has 0 aliphatic rings. The molecule has 28 heavy (non-hydrogen) atoms. The number of hydrogen-bond acceptors (Lipinski definition) is 4. The zero-order valence-electron chi connectivity index (χ0n) is 15.7. The lowest BCUT2D eigenvalue weighted by atomic mass is 10.1. The molecule has 0 spiro atoms. The van der Waals surface area contributed by atoms with Crippen LogP contribution in [0.5, 0.6) is 0 Å². The number of carbonyl (C=O) groups excluding carboxylic acids is 2. The summed E-state index contributed by atoms with van der Waals surface area (Å²) in [6.45, 7) is 3.82. The largest absolute Gasteiger partial charge is 0.343 e. The minimum Gasteiger partial charge on any atom is -0.343 e. The van der Waals surface area contributed by atoms with Crippen LogP contribution in [0.3, 0.4) is 0 Å². The van der Waals surface area contributed by atoms with Crippen molar-refractivity contribution in [3.8, 4) is 0 Å². The summed E-state index contributed by atoms with van der Waals surface area (Å²) in [4.78, 5) is 30.1. The van der Waals surface area contributed by atoms with Crippen LogP contribution in [0.15, 0.2) is 76.8 Å². The fourth-order valence-electron chi connectivity index (χ4n) is 2.58. The molecular formula is C22H21N3O2S. The van der Waals surface area contributed by atoms with E-state index < -0.39 is 0 Å². The standard InChI is InChI=1S/C22H21N3O2S/c1-15-8-6-12-19(16(15)2)25-20(26)14-24-21(27)18-11-7-13-23-22(18)28-17-9-4-3-5-10-17/h3-13H,14H2,1-2H3,(H,24,27)(H,25,26). The van der Waals surface area contributed by atoms with Crippen LogP contribution >= 0.6 is 11.8 Å². The first-order valence-electron chi connectivity index (χ1n) is 8.87. The predicted molar refractivity (Wildman–Crippen MR) is 112 cm³/mol. The van der Waals surface area contributed by atoms with Gasteiger partial charge in [-0.05, 0) is 55.3 Å². The number of carbonyl (C=O) groups is 2. The first-order valence-corrected chi connectivity index (χ1v) is 9.68. The van der Waals surface area contributed by atoms with Crippen LogP contribution in [-0.2, 0) is 4.79 Å². The maximum atomic E-state index is 12.6. The number of nitrogens with one attached hydrogen (secondary N) is 2. The van der Waals surface area contributed by atoms with Crippen molar-refractivity contribution in [1.29, 1.82) is 0 Å². The second-order valence-electron chi connectivity index (χ2n) is 6.25. The van der Waals surface area contributed by atoms with E-state index in [9.17, 15) is 9.59 Å². The highest BCUT2D eigenvalue weighted by atomic mass is 32.2. The molecule has 1 aromatic heterocycles. The Morgan fingerprint density at radius 3 is 2.54 bits per heavy atom. The van der Waals surface area contributed by atoms with Gasteiger partial charge >= 0.3 is 0 Å². The molecular weight excluding hydrogens is 370 g/mol. The molecule has 3 aromatic rings. The maximum Gasteiger partial charge on any atom is 0.254 e. The summed E-state index contributed by atoms with van der Waals surface area (Å²) in [6.07, 6.45) is 1.65. The summed E-state index contributed by atoms with van der Waals surface area (Å²) in [5.74, 6) is -0.606. The highest BCUT2D eigenvalue weighted by molar-refractivity contribution is 7.99. The van der Waals surface area contributed by atoms with Crippen LogP contribution < -0.4 is 10.6 Å². The number of nitrogens with zero attached hydrogens (tertiary/aromatic N) is 1. The summed E-state index contributed by atoms with van der Waals surface area (Å²) in [7, 11) is 0. The van der Waals surface area contributed by atoms with E-state index in [0.29, 0.717) is 10.6 Å². The van der Waals surface area contributed by atoms with Gasteiger partial charge in [0.25, 0.3) is 5.91 Å². The van der Waals surface area contributed by atoms with Crippen molar-refractivity contribution in [1.82, 2.24) is 10.3 Å². The van der Waals surface area contributed by atoms with Gasteiger partial charge in [0.1, 0.15) is 5.03 Å². The second-order valence-corrected chi connectivity index (χ2v) is 7.31. The van der Waals surface area contributed by atoms with Crippen molar-refractivity contribution in [2.24, 2.45) is 0 Å². The lowest BCUT2D eigenvalue weighted by molar-refractivity contribution is -0.115. The number of rotatable bonds is 6. The van der Waals surface area contributed by atoms with Crippen LogP contribution in [0.4, 0.5) is 5.69 Å². The average Bonchev–Trinajstić information content (AvgIpc) is 2.71. The summed E-state index contributed by atoms with van der Waals surface area (Å²) in [6, 6.07) is 18.8. The van der Waals surface area contributed by atoms with Gasteiger partial charge in [0.15, 0.2) is 0 Å². The SMILES string of the molecule is Cc1cccc(NC(=O)CNC(=O)c2cccnc2Sc2ccccc2)c1C. The van der Waals surface area contributed by atoms with E-state index in [1.165, 1.54) is 11.8 Å². The smallest absolute Gasteiger partial charge is 0.254 e. The van der Waals surface area contributed by atoms with Crippen LogP contribution in [0, 0.1) is 13.8 Å². The third-order valence-corrected chi connectivity index (χ3v) is 5.29. The molecule has 142 valence electrons. The van der Waals surface area contributed by atoms with Gasteiger partial charge in [-0.25, -0.2) is 4.98 Å². The lowest BCUT2D eigenvalue weighted by Gasteiger charge is -2.12. The Labute approximate surface area is 168 Å². The molecule has 2 N–H and O–H groups in total. The molecule has 0 atom stereocenters. The van der Waals surface area contributed by atoms with E-state index in [4.69, 9.17) is 0 Å². The van der Waals surface area contributed by atoms with Crippen molar-refractivity contribution in [2.75, 3.05) is 11.9 Å². The van der Waals surface area contributed by atoms with Crippen LogP contribution in [0.25, 0.3) is 0 Å². The molecule has 0 radical (unpaired) electrons. The van der Waals surface area contributed by atoms with E-state index >= 15 is 0 Å². The number of aromatic nitrogens is 1. The Morgan fingerprint density at radius 1 is 0.964 bits per heavy atom. The molecule has 0 bridgehead atoms. The Kier molecular flexibility index (Phi) is 6.45. The molecule has 0 saturated carbocycles. The van der Waals surface area contributed by atoms with Gasteiger partial charge in [-0.2, -0.15) is 0 Å². The number of amides is 2. The Hall–Kier alpha value is -3.12. The van der Waals surface area contributed by atoms with Crippen molar-refractivity contribution < 1.29 is 9.59 Å². The highest BCUT2D eigenvalue weighted by Gasteiger charge is 2.15. The number of benzene rings is 2. The van der Waals surface area contributed by atoms with Crippen LogP contribution in [0.1, 0.15) is 21.5 Å². The highest BCUT2D eigenvalue weighted by Crippen LogP contribution is 2.28. The van der Waals surface area contributed by atoms with Crippen molar-refractivity contribution in [3.05, 3.63) is 83.6 Å². The minimum atomic E-state index is -0.331. The number of hydrogen-bond donors (Lipinski definition) is 2. The lowest BCUT2D eigenvalue weighted by Crippen LogP contribution is -2.33. The third kappa shape index (κ3) is 4.98. The quantitative estimate of drug-likeness (QED) is 0.660. The molecule has 0 unspecified atom stereocenters. The molecule has 0 saturated heterocycles. The molecule has 2 amide bonds. The first-order chi connectivity index (χ1) is 13.5. The zero-order valence-corrected chi connectivity index (χ0v) is 16.5. The zero-order chi connectivity index (χ0) is 19.9. The Balaban J connectivity index is 1.63. The van der Waals surface area contributed by atoms with Gasteiger partial charge in [-0.15, -0.1) is 0 Å². The van der Waals surface area contributed by atoms with E-state index in [0.717, 1.165) is 21.7 Å². The van der Waals surface area contributed by atoms with Gasteiger partial charge < -0.3 is 10.6 Å². The maximum absolute atomic E-state index is 12.6. The van der Waals surface area contributed by atoms with Crippen LogP contribution in [-0.4, -0.2) is 23.3 Å². The summed E-state index contributed by atoms with van der Waals surface area (Å²) < 4.78 is 0. The Bertz CT molecular complexity index is 990. The van der Waals surface area contributed by atoms with E-state index in [-0.39, 0.29) is 18.4 Å². The molecule has 5 nitrogen and oxygen atoms in total. The molecule has 1 heterocycles. The number of pyridine rings is 1. The molecule has 0 fully saturated rings. The molecule has 0 aliphatic carbocycles. The molecule has 6 heteroatoms. The normalized spacial score (nSPS) is 10.4. The van der Waals surface area contributed by atoms with Gasteiger partial charge in [0.2, 0.25) is 5.91 Å². The fraction of sp³-hybridized carbons (Fsp3) is 0.136. The third-order valence-electron chi connectivity index (χ3n) is 4.26. The van der Waals surface area contributed by atoms with Gasteiger partial charge in [-0.1, -0.05) is 42.1 Å². The summed E-state index contributed by atoms with van der Waals surface area (Å²) >= 11 is 1.41. The molecule has 2 aromatic carbocycles. The Morgan fingerprint density at radius 2 is 1.75 bits per heavy atom. The topological polar surface area (TPSA) is 71.1 Å². The minimum absolute atomic E-state index is 0.115. The van der Waals surface area contributed by atoms with Crippen molar-refractivity contribution in [2.45, 2.75) is 23.8 Å².